The molecular formula is C10H14FNO2S. The van der Waals surface area contributed by atoms with Crippen LogP contribution in [0.2, 0.25) is 0 Å². The van der Waals surface area contributed by atoms with Gasteiger partial charge in [0.1, 0.15) is 5.82 Å². The number of benzene rings is 1. The van der Waals surface area contributed by atoms with Gasteiger partial charge in [0.15, 0.2) is 0 Å². The van der Waals surface area contributed by atoms with Crippen LogP contribution in [0.5, 0.6) is 0 Å². The van der Waals surface area contributed by atoms with Gasteiger partial charge in [0.25, 0.3) is 0 Å². The van der Waals surface area contributed by atoms with E-state index in [9.17, 15) is 12.8 Å². The molecule has 0 radical (unpaired) electrons. The Morgan fingerprint density at radius 2 is 1.80 bits per heavy atom. The highest BCUT2D eigenvalue weighted by Gasteiger charge is 2.20. The van der Waals surface area contributed by atoms with Crippen molar-refractivity contribution >= 4 is 10.0 Å². The Bertz CT molecular complexity index is 475. The summed E-state index contributed by atoms with van der Waals surface area (Å²) in [7, 11) is -3.83. The average molecular weight is 231 g/mol. The van der Waals surface area contributed by atoms with E-state index in [0.717, 1.165) is 6.07 Å². The second kappa shape index (κ2) is 3.57. The van der Waals surface area contributed by atoms with Gasteiger partial charge < -0.3 is 0 Å². The summed E-state index contributed by atoms with van der Waals surface area (Å²) in [6, 6.07) is 3.73. The third-order valence-electron chi connectivity index (χ3n) is 2.08. The maximum absolute atomic E-state index is 13.6. The van der Waals surface area contributed by atoms with Gasteiger partial charge in [-0.3, -0.25) is 0 Å². The standard InChI is InChI=1S/C10H14FNO2S/c1-10(2,3)8-5-4-7(6-9(8)11)15(12,13)14/h4-6H,1-3H3,(H2,12,13,14). The summed E-state index contributed by atoms with van der Waals surface area (Å²) in [6.45, 7) is 5.55. The maximum atomic E-state index is 13.6. The monoisotopic (exact) mass is 231 g/mol. The number of hydrogen-bond donors (Lipinski definition) is 1. The molecule has 0 spiro atoms. The second-order valence-corrected chi connectivity index (χ2v) is 6.00. The number of rotatable bonds is 1. The van der Waals surface area contributed by atoms with E-state index in [0.29, 0.717) is 5.56 Å². The lowest BCUT2D eigenvalue weighted by molar-refractivity contribution is 0.519. The topological polar surface area (TPSA) is 60.2 Å². The summed E-state index contributed by atoms with van der Waals surface area (Å²) in [5.74, 6) is -0.547. The molecule has 3 nitrogen and oxygen atoms in total. The first-order valence-electron chi connectivity index (χ1n) is 4.45. The predicted molar refractivity (Wildman–Crippen MR) is 56.5 cm³/mol. The van der Waals surface area contributed by atoms with Crippen LogP contribution >= 0.6 is 0 Å². The number of primary sulfonamides is 1. The van der Waals surface area contributed by atoms with Crippen LogP contribution in [-0.2, 0) is 15.4 Å². The van der Waals surface area contributed by atoms with Gasteiger partial charge in [0.2, 0.25) is 10.0 Å². The van der Waals surface area contributed by atoms with Gasteiger partial charge in [-0.25, -0.2) is 17.9 Å². The van der Waals surface area contributed by atoms with E-state index >= 15 is 0 Å². The molecule has 0 aromatic heterocycles. The molecule has 0 fully saturated rings. The van der Waals surface area contributed by atoms with E-state index in [2.05, 4.69) is 0 Å². The first-order chi connectivity index (χ1) is 6.62. The van der Waals surface area contributed by atoms with Gasteiger partial charge in [0.05, 0.1) is 4.90 Å². The fraction of sp³-hybridized carbons (Fsp3) is 0.400. The molecule has 15 heavy (non-hydrogen) atoms. The zero-order valence-corrected chi connectivity index (χ0v) is 9.73. The summed E-state index contributed by atoms with van der Waals surface area (Å²) >= 11 is 0. The molecule has 0 saturated heterocycles. The lowest BCUT2D eigenvalue weighted by atomic mass is 9.87. The zero-order valence-electron chi connectivity index (χ0n) is 8.91. The molecule has 5 heteroatoms. The quantitative estimate of drug-likeness (QED) is 0.800. The van der Waals surface area contributed by atoms with Crippen molar-refractivity contribution in [3.05, 3.63) is 29.6 Å². The Morgan fingerprint density at radius 3 is 2.13 bits per heavy atom. The molecule has 0 atom stereocenters. The van der Waals surface area contributed by atoms with Crippen molar-refractivity contribution in [1.82, 2.24) is 0 Å². The van der Waals surface area contributed by atoms with Gasteiger partial charge in [-0.05, 0) is 23.1 Å². The average Bonchev–Trinajstić information content (AvgIpc) is 1.99. The Kier molecular flexibility index (Phi) is 2.89. The number of sulfonamides is 1. The molecule has 0 amide bonds. The normalized spacial score (nSPS) is 12.9. The first kappa shape index (κ1) is 12.1. The smallest absolute Gasteiger partial charge is 0.225 e. The summed E-state index contributed by atoms with van der Waals surface area (Å²) in [5.41, 5.74) is 0.107. The third-order valence-corrected chi connectivity index (χ3v) is 2.99. The van der Waals surface area contributed by atoms with E-state index in [1.54, 1.807) is 0 Å². The molecule has 1 aromatic rings. The minimum absolute atomic E-state index is 0.201. The Morgan fingerprint density at radius 1 is 1.27 bits per heavy atom. The minimum Gasteiger partial charge on any atom is -0.225 e. The van der Waals surface area contributed by atoms with Gasteiger partial charge in [-0.15, -0.1) is 0 Å². The number of nitrogens with two attached hydrogens (primary N) is 1. The van der Waals surface area contributed by atoms with Crippen LogP contribution < -0.4 is 5.14 Å². The Balaban J connectivity index is 3.34. The van der Waals surface area contributed by atoms with Crippen molar-refractivity contribution in [2.75, 3.05) is 0 Å². The van der Waals surface area contributed by atoms with E-state index in [1.165, 1.54) is 12.1 Å². The lowest BCUT2D eigenvalue weighted by Crippen LogP contribution is -2.16. The SMILES string of the molecule is CC(C)(C)c1ccc(S(N)(=O)=O)cc1F. The van der Waals surface area contributed by atoms with Crippen LogP contribution in [0.1, 0.15) is 26.3 Å². The van der Waals surface area contributed by atoms with Crippen molar-refractivity contribution in [3.63, 3.8) is 0 Å². The lowest BCUT2D eigenvalue weighted by Gasteiger charge is -2.19. The van der Waals surface area contributed by atoms with Crippen molar-refractivity contribution in [1.29, 1.82) is 0 Å². The maximum Gasteiger partial charge on any atom is 0.238 e. The largest absolute Gasteiger partial charge is 0.238 e. The van der Waals surface area contributed by atoms with Crippen LogP contribution in [-0.4, -0.2) is 8.42 Å². The number of hydrogen-bond acceptors (Lipinski definition) is 2. The van der Waals surface area contributed by atoms with Crippen molar-refractivity contribution in [2.24, 2.45) is 5.14 Å². The summed E-state index contributed by atoms with van der Waals surface area (Å²) < 4.78 is 35.5. The second-order valence-electron chi connectivity index (χ2n) is 4.44. The molecule has 0 heterocycles. The van der Waals surface area contributed by atoms with Gasteiger partial charge in [-0.2, -0.15) is 0 Å². The van der Waals surface area contributed by atoms with Crippen molar-refractivity contribution in [2.45, 2.75) is 31.1 Å². The van der Waals surface area contributed by atoms with E-state index in [1.807, 2.05) is 20.8 Å². The zero-order chi connectivity index (χ0) is 11.9. The third kappa shape index (κ3) is 2.76. The van der Waals surface area contributed by atoms with Crippen LogP contribution in [0, 0.1) is 5.82 Å². The molecule has 0 aliphatic carbocycles. The molecule has 0 unspecified atom stereocenters. The summed E-state index contributed by atoms with van der Waals surface area (Å²) in [4.78, 5) is -0.201. The van der Waals surface area contributed by atoms with Crippen molar-refractivity contribution < 1.29 is 12.8 Å². The highest BCUT2D eigenvalue weighted by atomic mass is 32.2. The summed E-state index contributed by atoms with van der Waals surface area (Å²) in [6.07, 6.45) is 0. The molecule has 2 N–H and O–H groups in total. The highest BCUT2D eigenvalue weighted by Crippen LogP contribution is 2.26. The van der Waals surface area contributed by atoms with E-state index < -0.39 is 15.8 Å². The van der Waals surface area contributed by atoms with Crippen LogP contribution in [0.25, 0.3) is 0 Å². The van der Waals surface area contributed by atoms with Crippen LogP contribution in [0.15, 0.2) is 23.1 Å². The molecule has 0 aliphatic rings. The Labute approximate surface area is 89.2 Å². The van der Waals surface area contributed by atoms with Gasteiger partial charge in [0, 0.05) is 0 Å². The molecule has 0 saturated carbocycles. The minimum atomic E-state index is -3.83. The molecule has 84 valence electrons. The van der Waals surface area contributed by atoms with E-state index in [-0.39, 0.29) is 10.3 Å². The number of halogens is 1. The predicted octanol–water partition coefficient (Wildman–Crippen LogP) is 1.77. The molecular weight excluding hydrogens is 217 g/mol. The molecule has 1 aromatic carbocycles. The van der Waals surface area contributed by atoms with E-state index in [4.69, 9.17) is 5.14 Å². The fourth-order valence-corrected chi connectivity index (χ4v) is 1.81. The summed E-state index contributed by atoms with van der Waals surface area (Å²) in [5, 5.41) is 4.89. The fourth-order valence-electron chi connectivity index (χ4n) is 1.28. The first-order valence-corrected chi connectivity index (χ1v) is 6.00. The molecule has 0 aliphatic heterocycles. The van der Waals surface area contributed by atoms with Crippen LogP contribution in [0.4, 0.5) is 4.39 Å². The molecule has 1 rings (SSSR count). The van der Waals surface area contributed by atoms with Gasteiger partial charge in [-0.1, -0.05) is 26.8 Å². The Hall–Kier alpha value is -0.940. The van der Waals surface area contributed by atoms with Gasteiger partial charge >= 0.3 is 0 Å². The highest BCUT2D eigenvalue weighted by molar-refractivity contribution is 7.89. The van der Waals surface area contributed by atoms with Crippen molar-refractivity contribution in [3.8, 4) is 0 Å². The molecule has 0 bridgehead atoms. The van der Waals surface area contributed by atoms with Crippen LogP contribution in [0.3, 0.4) is 0 Å².